The minimum Gasteiger partial charge on any atom is -0.392 e. The molecule has 1 saturated heterocycles. The predicted octanol–water partition coefficient (Wildman–Crippen LogP) is -1.12. The second kappa shape index (κ2) is 3.82. The van der Waals surface area contributed by atoms with Crippen molar-refractivity contribution in [2.24, 2.45) is 5.73 Å². The number of halogens is 1. The zero-order valence-electron chi connectivity index (χ0n) is 6.74. The van der Waals surface area contributed by atoms with Gasteiger partial charge in [0.15, 0.2) is 0 Å². The Balaban J connectivity index is 2.53. The van der Waals surface area contributed by atoms with Crippen LogP contribution >= 0.6 is 0 Å². The molecule has 12 heavy (non-hydrogen) atoms. The van der Waals surface area contributed by atoms with Gasteiger partial charge in [0, 0.05) is 13.1 Å². The summed E-state index contributed by atoms with van der Waals surface area (Å²) in [6.45, 7) is -0.00130. The zero-order valence-corrected chi connectivity index (χ0v) is 6.74. The third-order valence-corrected chi connectivity index (χ3v) is 2.08. The lowest BCUT2D eigenvalue weighted by Crippen LogP contribution is -2.41. The van der Waals surface area contributed by atoms with Gasteiger partial charge in [0.05, 0.1) is 12.1 Å². The number of hydrogen-bond acceptors (Lipinski definition) is 3. The first-order valence-electron chi connectivity index (χ1n) is 3.92. The molecule has 1 aliphatic heterocycles. The minimum absolute atomic E-state index is 0.171. The first-order valence-corrected chi connectivity index (χ1v) is 3.92. The molecule has 0 saturated carbocycles. The number of alkyl halides is 1. The average Bonchev–Trinajstić information content (AvgIpc) is 2.32. The Bertz CT molecular complexity index is 177. The number of aliphatic hydroxyl groups is 1. The normalized spacial score (nSPS) is 30.8. The molecular weight excluding hydrogens is 163 g/mol. The van der Waals surface area contributed by atoms with Gasteiger partial charge in [0.2, 0.25) is 5.91 Å². The summed E-state index contributed by atoms with van der Waals surface area (Å²) in [5.41, 5.74) is 5.07. The van der Waals surface area contributed by atoms with Crippen molar-refractivity contribution >= 4 is 5.91 Å². The number of nitrogens with zero attached hydrogens (tertiary/aromatic N) is 1. The van der Waals surface area contributed by atoms with E-state index in [4.69, 9.17) is 5.73 Å². The van der Waals surface area contributed by atoms with Crippen LogP contribution in [0.2, 0.25) is 0 Å². The summed E-state index contributed by atoms with van der Waals surface area (Å²) >= 11 is 0. The van der Waals surface area contributed by atoms with Crippen molar-refractivity contribution in [2.45, 2.75) is 18.6 Å². The molecule has 0 radical (unpaired) electrons. The largest absolute Gasteiger partial charge is 0.392 e. The number of primary amides is 1. The highest BCUT2D eigenvalue weighted by Crippen LogP contribution is 2.16. The van der Waals surface area contributed by atoms with Crippen LogP contribution in [0, 0.1) is 0 Å². The molecular formula is C7H13FN2O2. The molecule has 1 heterocycles. The van der Waals surface area contributed by atoms with Crippen LogP contribution in [-0.4, -0.2) is 47.8 Å². The number of β-amino-alcohol motifs (C(OH)–C–C–N with tert-alkyl or cyclic N) is 1. The fourth-order valence-electron chi connectivity index (χ4n) is 1.53. The Morgan fingerprint density at radius 3 is 2.92 bits per heavy atom. The van der Waals surface area contributed by atoms with Crippen molar-refractivity contribution < 1.29 is 14.3 Å². The first kappa shape index (κ1) is 9.41. The standard InChI is InChI=1S/C7H13FN2O2/c8-1-2-10-4-5(11)3-6(10)7(9)12/h5-6,11H,1-4H2,(H2,9,12). The molecule has 4 nitrogen and oxygen atoms in total. The summed E-state index contributed by atoms with van der Waals surface area (Å²) in [4.78, 5) is 12.4. The van der Waals surface area contributed by atoms with E-state index in [2.05, 4.69) is 0 Å². The van der Waals surface area contributed by atoms with Crippen molar-refractivity contribution in [1.29, 1.82) is 0 Å². The molecule has 5 heteroatoms. The molecule has 0 aromatic heterocycles. The molecule has 0 bridgehead atoms. The minimum atomic E-state index is -0.547. The Labute approximate surface area is 70.1 Å². The summed E-state index contributed by atoms with van der Waals surface area (Å²) in [7, 11) is 0. The third kappa shape index (κ3) is 1.92. The topological polar surface area (TPSA) is 66.6 Å². The number of aliphatic hydroxyl groups excluding tert-OH is 1. The zero-order chi connectivity index (χ0) is 9.14. The molecule has 0 aromatic carbocycles. The second-order valence-corrected chi connectivity index (χ2v) is 2.99. The fourth-order valence-corrected chi connectivity index (χ4v) is 1.53. The van der Waals surface area contributed by atoms with Gasteiger partial charge < -0.3 is 10.8 Å². The van der Waals surface area contributed by atoms with Gasteiger partial charge in [-0.1, -0.05) is 0 Å². The molecule has 1 fully saturated rings. The van der Waals surface area contributed by atoms with E-state index in [1.54, 1.807) is 4.90 Å². The number of likely N-dealkylation sites (tertiary alicyclic amines) is 1. The lowest BCUT2D eigenvalue weighted by atomic mass is 10.2. The Morgan fingerprint density at radius 1 is 1.75 bits per heavy atom. The van der Waals surface area contributed by atoms with Crippen molar-refractivity contribution in [3.63, 3.8) is 0 Å². The van der Waals surface area contributed by atoms with E-state index in [1.807, 2.05) is 0 Å². The average molecular weight is 176 g/mol. The van der Waals surface area contributed by atoms with Gasteiger partial charge in [-0.25, -0.2) is 4.39 Å². The van der Waals surface area contributed by atoms with Crippen molar-refractivity contribution in [3.8, 4) is 0 Å². The molecule has 0 aliphatic carbocycles. The maximum atomic E-state index is 11.9. The number of carbonyl (C=O) groups is 1. The van der Waals surface area contributed by atoms with Crippen LogP contribution in [0.1, 0.15) is 6.42 Å². The van der Waals surface area contributed by atoms with Crippen LogP contribution < -0.4 is 5.73 Å². The van der Waals surface area contributed by atoms with Crippen LogP contribution in [0.3, 0.4) is 0 Å². The van der Waals surface area contributed by atoms with Crippen LogP contribution in [0.25, 0.3) is 0 Å². The van der Waals surface area contributed by atoms with Crippen molar-refractivity contribution in [1.82, 2.24) is 4.90 Å². The number of hydrogen-bond donors (Lipinski definition) is 2. The maximum absolute atomic E-state index is 11.9. The van der Waals surface area contributed by atoms with Crippen LogP contribution in [0.15, 0.2) is 0 Å². The van der Waals surface area contributed by atoms with E-state index in [9.17, 15) is 14.3 Å². The quantitative estimate of drug-likeness (QED) is 0.572. The Kier molecular flexibility index (Phi) is 2.99. The fraction of sp³-hybridized carbons (Fsp3) is 0.857. The van der Waals surface area contributed by atoms with Crippen molar-refractivity contribution in [2.75, 3.05) is 19.8 Å². The van der Waals surface area contributed by atoms with E-state index in [1.165, 1.54) is 0 Å². The molecule has 2 unspecified atom stereocenters. The van der Waals surface area contributed by atoms with E-state index in [0.29, 0.717) is 13.0 Å². The third-order valence-electron chi connectivity index (χ3n) is 2.08. The summed E-state index contributed by atoms with van der Waals surface area (Å²) < 4.78 is 11.9. The second-order valence-electron chi connectivity index (χ2n) is 2.99. The van der Waals surface area contributed by atoms with E-state index < -0.39 is 24.7 Å². The van der Waals surface area contributed by atoms with Gasteiger partial charge in [0.1, 0.15) is 6.67 Å². The highest BCUT2D eigenvalue weighted by atomic mass is 19.1. The lowest BCUT2D eigenvalue weighted by Gasteiger charge is -2.19. The highest BCUT2D eigenvalue weighted by molar-refractivity contribution is 5.80. The Hall–Kier alpha value is -0.680. The van der Waals surface area contributed by atoms with E-state index >= 15 is 0 Å². The first-order chi connectivity index (χ1) is 5.65. The smallest absolute Gasteiger partial charge is 0.234 e. The van der Waals surface area contributed by atoms with Crippen LogP contribution in [-0.2, 0) is 4.79 Å². The van der Waals surface area contributed by atoms with Crippen LogP contribution in [0.4, 0.5) is 4.39 Å². The highest BCUT2D eigenvalue weighted by Gasteiger charge is 2.33. The molecule has 1 amide bonds. The van der Waals surface area contributed by atoms with Crippen LogP contribution in [0.5, 0.6) is 0 Å². The number of nitrogens with two attached hydrogens (primary N) is 1. The monoisotopic (exact) mass is 176 g/mol. The van der Waals surface area contributed by atoms with E-state index in [-0.39, 0.29) is 6.54 Å². The summed E-state index contributed by atoms with van der Waals surface area (Å²) in [6.07, 6.45) is -0.218. The number of carbonyl (C=O) groups excluding carboxylic acids is 1. The van der Waals surface area contributed by atoms with Gasteiger partial charge in [0.25, 0.3) is 0 Å². The summed E-state index contributed by atoms with van der Waals surface area (Å²) in [6, 6.07) is -0.490. The van der Waals surface area contributed by atoms with Crippen molar-refractivity contribution in [3.05, 3.63) is 0 Å². The molecule has 70 valence electrons. The molecule has 0 aromatic rings. The lowest BCUT2D eigenvalue weighted by molar-refractivity contribution is -0.122. The maximum Gasteiger partial charge on any atom is 0.234 e. The van der Waals surface area contributed by atoms with Gasteiger partial charge in [-0.3, -0.25) is 9.69 Å². The summed E-state index contributed by atoms with van der Waals surface area (Å²) in [5, 5.41) is 9.17. The molecule has 0 spiro atoms. The van der Waals surface area contributed by atoms with Gasteiger partial charge in [-0.15, -0.1) is 0 Å². The van der Waals surface area contributed by atoms with Gasteiger partial charge >= 0.3 is 0 Å². The molecule has 2 atom stereocenters. The van der Waals surface area contributed by atoms with Gasteiger partial charge in [-0.05, 0) is 6.42 Å². The number of amides is 1. The predicted molar refractivity (Wildman–Crippen MR) is 41.2 cm³/mol. The molecule has 1 rings (SSSR count). The SMILES string of the molecule is NC(=O)C1CC(O)CN1CCF. The Morgan fingerprint density at radius 2 is 2.42 bits per heavy atom. The molecule has 3 N–H and O–H groups in total. The summed E-state index contributed by atoms with van der Waals surface area (Å²) in [5.74, 6) is -0.486. The molecule has 1 aliphatic rings. The van der Waals surface area contributed by atoms with E-state index in [0.717, 1.165) is 0 Å². The van der Waals surface area contributed by atoms with Gasteiger partial charge in [-0.2, -0.15) is 0 Å². The number of rotatable bonds is 3.